The van der Waals surface area contributed by atoms with E-state index in [0.717, 1.165) is 47.8 Å². The summed E-state index contributed by atoms with van der Waals surface area (Å²) in [6.07, 6.45) is -1.54. The molecule has 1 unspecified atom stereocenters. The zero-order valence-corrected chi connectivity index (χ0v) is 19.6. The molecule has 4 nitrogen and oxygen atoms in total. The van der Waals surface area contributed by atoms with Gasteiger partial charge in [-0.15, -0.1) is 11.8 Å². The molecule has 1 fully saturated rings. The van der Waals surface area contributed by atoms with Gasteiger partial charge in [-0.2, -0.15) is 13.2 Å². The van der Waals surface area contributed by atoms with Crippen LogP contribution in [0, 0.1) is 0 Å². The summed E-state index contributed by atoms with van der Waals surface area (Å²) in [5, 5.41) is 2.88. The van der Waals surface area contributed by atoms with Gasteiger partial charge in [-0.3, -0.25) is 4.79 Å². The third kappa shape index (κ3) is 6.11. The number of hydrogen-bond acceptors (Lipinski definition) is 4. The van der Waals surface area contributed by atoms with Crippen molar-refractivity contribution in [3.8, 4) is 0 Å². The number of anilines is 2. The van der Waals surface area contributed by atoms with Crippen LogP contribution >= 0.6 is 11.8 Å². The number of benzene rings is 2. The van der Waals surface area contributed by atoms with Crippen LogP contribution in [-0.2, 0) is 17.4 Å². The van der Waals surface area contributed by atoms with Gasteiger partial charge in [0.2, 0.25) is 5.91 Å². The van der Waals surface area contributed by atoms with E-state index in [0.29, 0.717) is 18.7 Å². The number of thioether (sulfide) groups is 1. The fourth-order valence-electron chi connectivity index (χ4n) is 4.09. The van der Waals surface area contributed by atoms with E-state index < -0.39 is 11.7 Å². The lowest BCUT2D eigenvalue weighted by atomic mass is 9.97. The maximum absolute atomic E-state index is 12.8. The monoisotopic (exact) mass is 485 g/mol. The van der Waals surface area contributed by atoms with Crippen LogP contribution in [0.4, 0.5) is 24.7 Å². The van der Waals surface area contributed by atoms with E-state index >= 15 is 0 Å². The number of hydrogen-bond donors (Lipinski definition) is 1. The van der Waals surface area contributed by atoms with E-state index in [4.69, 9.17) is 0 Å². The number of carbonyl (C=O) groups is 1. The number of nitrogens with one attached hydrogen (secondary N) is 1. The van der Waals surface area contributed by atoms with Crippen LogP contribution < -0.4 is 10.2 Å². The Bertz CT molecular complexity index is 1100. The molecule has 4 rings (SSSR count). The van der Waals surface area contributed by atoms with Crippen LogP contribution in [0.15, 0.2) is 71.8 Å². The smallest absolute Gasteiger partial charge is 0.356 e. The summed E-state index contributed by atoms with van der Waals surface area (Å²) in [4.78, 5) is 20.2. The van der Waals surface area contributed by atoms with Crippen molar-refractivity contribution in [2.24, 2.45) is 0 Å². The van der Waals surface area contributed by atoms with Crippen molar-refractivity contribution in [1.82, 2.24) is 4.98 Å². The first-order chi connectivity index (χ1) is 16.3. The Labute approximate surface area is 201 Å². The summed E-state index contributed by atoms with van der Waals surface area (Å²) >= 11 is 1.76. The molecule has 1 atom stereocenters. The number of amides is 1. The largest absolute Gasteiger partial charge is 0.416 e. The quantitative estimate of drug-likeness (QED) is 0.394. The van der Waals surface area contributed by atoms with E-state index in [2.05, 4.69) is 22.1 Å². The van der Waals surface area contributed by atoms with Crippen LogP contribution in [0.2, 0.25) is 0 Å². The normalized spacial score (nSPS) is 16.0. The molecule has 1 aromatic heterocycles. The number of alkyl halides is 3. The zero-order chi connectivity index (χ0) is 24.1. The summed E-state index contributed by atoms with van der Waals surface area (Å²) in [5.41, 5.74) is 1.86. The maximum Gasteiger partial charge on any atom is 0.416 e. The van der Waals surface area contributed by atoms with Gasteiger partial charge in [0.15, 0.2) is 0 Å². The second-order valence-electron chi connectivity index (χ2n) is 8.26. The molecular weight excluding hydrogens is 459 g/mol. The van der Waals surface area contributed by atoms with Crippen molar-refractivity contribution < 1.29 is 18.0 Å². The van der Waals surface area contributed by atoms with Crippen LogP contribution in [0.5, 0.6) is 0 Å². The predicted molar refractivity (Wildman–Crippen MR) is 130 cm³/mol. The molecule has 0 radical (unpaired) electrons. The highest BCUT2D eigenvalue weighted by Gasteiger charge is 2.31. The molecule has 8 heteroatoms. The van der Waals surface area contributed by atoms with Gasteiger partial charge < -0.3 is 10.2 Å². The van der Waals surface area contributed by atoms with Crippen molar-refractivity contribution >= 4 is 29.2 Å². The minimum absolute atomic E-state index is 0.103. The first kappa shape index (κ1) is 24.1. The molecule has 0 saturated carbocycles. The molecule has 1 saturated heterocycles. The van der Waals surface area contributed by atoms with Gasteiger partial charge in [0.25, 0.3) is 0 Å². The molecule has 178 valence electrons. The SMILES string of the molecule is CCSc1ccc(CC(=O)Nc2ccc(N3CCC(c4ccc(C(F)(F)F)cc4)C3)nc2)cc1. The van der Waals surface area contributed by atoms with E-state index in [1.165, 1.54) is 4.90 Å². The third-order valence-corrected chi connectivity index (χ3v) is 6.75. The lowest BCUT2D eigenvalue weighted by molar-refractivity contribution is -0.137. The third-order valence-electron chi connectivity index (χ3n) is 5.85. The second-order valence-corrected chi connectivity index (χ2v) is 9.60. The molecule has 34 heavy (non-hydrogen) atoms. The topological polar surface area (TPSA) is 45.2 Å². The first-order valence-corrected chi connectivity index (χ1v) is 12.2. The summed E-state index contributed by atoms with van der Waals surface area (Å²) in [7, 11) is 0. The average molecular weight is 486 g/mol. The number of pyridine rings is 1. The Balaban J connectivity index is 1.30. The molecule has 2 heterocycles. The van der Waals surface area contributed by atoms with Gasteiger partial charge in [0.1, 0.15) is 5.82 Å². The molecule has 0 spiro atoms. The van der Waals surface area contributed by atoms with E-state index in [9.17, 15) is 18.0 Å². The lowest BCUT2D eigenvalue weighted by Crippen LogP contribution is -2.20. The molecule has 1 N–H and O–H groups in total. The van der Waals surface area contributed by atoms with E-state index in [1.807, 2.05) is 36.4 Å². The van der Waals surface area contributed by atoms with Crippen molar-refractivity contribution in [2.45, 2.75) is 36.8 Å². The first-order valence-electron chi connectivity index (χ1n) is 11.2. The van der Waals surface area contributed by atoms with Crippen molar-refractivity contribution in [3.05, 3.63) is 83.6 Å². The minimum Gasteiger partial charge on any atom is -0.356 e. The van der Waals surface area contributed by atoms with Crippen LogP contribution in [0.25, 0.3) is 0 Å². The Morgan fingerprint density at radius 2 is 1.82 bits per heavy atom. The Kier molecular flexibility index (Phi) is 7.46. The van der Waals surface area contributed by atoms with Gasteiger partial charge in [0.05, 0.1) is 23.9 Å². The highest BCUT2D eigenvalue weighted by Crippen LogP contribution is 2.33. The number of aromatic nitrogens is 1. The van der Waals surface area contributed by atoms with Crippen molar-refractivity contribution in [1.29, 1.82) is 0 Å². The van der Waals surface area contributed by atoms with E-state index in [-0.39, 0.29) is 11.8 Å². The van der Waals surface area contributed by atoms with Crippen LogP contribution in [-0.4, -0.2) is 29.7 Å². The van der Waals surface area contributed by atoms with Gasteiger partial charge in [-0.05, 0) is 59.7 Å². The highest BCUT2D eigenvalue weighted by molar-refractivity contribution is 7.99. The second kappa shape index (κ2) is 10.5. The van der Waals surface area contributed by atoms with Crippen molar-refractivity contribution in [3.63, 3.8) is 0 Å². The van der Waals surface area contributed by atoms with Gasteiger partial charge in [0, 0.05) is 23.9 Å². The Morgan fingerprint density at radius 1 is 1.09 bits per heavy atom. The number of carbonyl (C=O) groups excluding carboxylic acids is 1. The molecule has 1 amide bonds. The Morgan fingerprint density at radius 3 is 2.44 bits per heavy atom. The van der Waals surface area contributed by atoms with Gasteiger partial charge in [-0.25, -0.2) is 4.98 Å². The zero-order valence-electron chi connectivity index (χ0n) is 18.8. The summed E-state index contributed by atoms with van der Waals surface area (Å²) < 4.78 is 38.4. The molecule has 3 aromatic rings. The van der Waals surface area contributed by atoms with Gasteiger partial charge in [-0.1, -0.05) is 31.2 Å². The lowest BCUT2D eigenvalue weighted by Gasteiger charge is -2.18. The number of rotatable bonds is 7. The molecule has 2 aromatic carbocycles. The summed E-state index contributed by atoms with van der Waals surface area (Å²) in [6.45, 7) is 3.57. The van der Waals surface area contributed by atoms with E-state index in [1.54, 1.807) is 30.1 Å². The minimum atomic E-state index is -4.32. The fraction of sp³-hybridized carbons (Fsp3) is 0.308. The Hall–Kier alpha value is -3.00. The predicted octanol–water partition coefficient (Wildman–Crippen LogP) is 6.39. The maximum atomic E-state index is 12.8. The van der Waals surface area contributed by atoms with Crippen LogP contribution in [0.3, 0.4) is 0 Å². The molecule has 0 bridgehead atoms. The molecule has 0 aliphatic carbocycles. The fourth-order valence-corrected chi connectivity index (χ4v) is 4.75. The number of halogens is 3. The van der Waals surface area contributed by atoms with Gasteiger partial charge >= 0.3 is 6.18 Å². The molecule has 1 aliphatic heterocycles. The number of nitrogens with zero attached hydrogens (tertiary/aromatic N) is 2. The van der Waals surface area contributed by atoms with Crippen molar-refractivity contribution in [2.75, 3.05) is 29.1 Å². The summed E-state index contributed by atoms with van der Waals surface area (Å²) in [6, 6.07) is 17.1. The molecule has 1 aliphatic rings. The highest BCUT2D eigenvalue weighted by atomic mass is 32.2. The van der Waals surface area contributed by atoms with Crippen LogP contribution in [0.1, 0.15) is 36.0 Å². The standard InChI is InChI=1S/C26H26F3N3OS/c1-2-34-23-10-3-18(4-11-23)15-25(33)31-22-9-12-24(30-16-22)32-14-13-20(17-32)19-5-7-21(8-6-19)26(27,28)29/h3-12,16,20H,2,13-15,17H2,1H3,(H,31,33). The average Bonchev–Trinajstić information content (AvgIpc) is 3.31. The summed E-state index contributed by atoms with van der Waals surface area (Å²) in [5.74, 6) is 1.85. The molecular formula is C26H26F3N3OS.